The van der Waals surface area contributed by atoms with Crippen molar-refractivity contribution in [3.63, 3.8) is 0 Å². The maximum Gasteiger partial charge on any atom is 0.0303 e. The Morgan fingerprint density at radius 3 is 2.93 bits per heavy atom. The maximum absolute atomic E-state index is 6.08. The maximum atomic E-state index is 6.08. The van der Waals surface area contributed by atoms with Gasteiger partial charge < -0.3 is 11.1 Å². The van der Waals surface area contributed by atoms with Crippen LogP contribution in [0, 0.1) is 0 Å². The van der Waals surface area contributed by atoms with Crippen molar-refractivity contribution in [2.24, 2.45) is 5.73 Å². The Balaban J connectivity index is 1.81. The lowest BCUT2D eigenvalue weighted by Gasteiger charge is -2.29. The van der Waals surface area contributed by atoms with E-state index in [9.17, 15) is 0 Å². The molecule has 2 nitrogen and oxygen atoms in total. The number of nitrogens with two attached hydrogens (primary N) is 1. The van der Waals surface area contributed by atoms with Crippen molar-refractivity contribution < 1.29 is 0 Å². The molecule has 1 aliphatic rings. The van der Waals surface area contributed by atoms with Crippen molar-refractivity contribution in [2.45, 2.75) is 44.3 Å². The molecule has 2 unspecified atom stereocenters. The molecule has 2 rings (SSSR count). The number of halogens is 1. The Morgan fingerprint density at radius 2 is 2.27 bits per heavy atom. The minimum Gasteiger partial charge on any atom is -0.326 e. The van der Waals surface area contributed by atoms with Gasteiger partial charge in [-0.2, -0.15) is 0 Å². The molecule has 2 atom stereocenters. The van der Waals surface area contributed by atoms with Crippen LogP contribution in [0.25, 0.3) is 0 Å². The minimum absolute atomic E-state index is 0.349. The van der Waals surface area contributed by atoms with E-state index in [1.165, 1.54) is 35.0 Å². The molecular weight excluding hydrogens is 272 g/mol. The van der Waals surface area contributed by atoms with E-state index in [-0.39, 0.29) is 0 Å². The summed E-state index contributed by atoms with van der Waals surface area (Å²) in [6.45, 7) is 0.953. The summed E-state index contributed by atoms with van der Waals surface area (Å²) >= 11 is 5.26. The molecule has 0 spiro atoms. The zero-order valence-corrected chi connectivity index (χ0v) is 11.1. The molecule has 0 aromatic carbocycles. The van der Waals surface area contributed by atoms with Crippen molar-refractivity contribution in [1.29, 1.82) is 0 Å². The third-order valence-corrected chi connectivity index (χ3v) is 4.68. The van der Waals surface area contributed by atoms with Crippen LogP contribution in [0.1, 0.15) is 30.6 Å². The second-order valence-electron chi connectivity index (χ2n) is 4.17. The number of hydrogen-bond donors (Lipinski definition) is 2. The predicted octanol–water partition coefficient (Wildman–Crippen LogP) is 2.87. The lowest BCUT2D eigenvalue weighted by atomic mass is 9.91. The second-order valence-corrected chi connectivity index (χ2v) is 6.08. The molecule has 1 saturated carbocycles. The lowest BCUT2D eigenvalue weighted by molar-refractivity contribution is 0.327. The van der Waals surface area contributed by atoms with E-state index in [0.717, 1.165) is 6.54 Å². The normalized spacial score (nSPS) is 26.8. The Kier molecular flexibility index (Phi) is 4.20. The molecule has 15 heavy (non-hydrogen) atoms. The zero-order chi connectivity index (χ0) is 10.7. The molecule has 1 aromatic rings. The summed E-state index contributed by atoms with van der Waals surface area (Å²) in [7, 11) is 0. The summed E-state index contributed by atoms with van der Waals surface area (Å²) in [5.41, 5.74) is 6.08. The van der Waals surface area contributed by atoms with Crippen LogP contribution in [0.5, 0.6) is 0 Å². The molecule has 0 aliphatic heterocycles. The number of rotatable bonds is 3. The molecule has 0 amide bonds. The van der Waals surface area contributed by atoms with E-state index in [1.54, 1.807) is 11.3 Å². The first-order chi connectivity index (χ1) is 7.25. The first-order valence-electron chi connectivity index (χ1n) is 5.47. The van der Waals surface area contributed by atoms with Gasteiger partial charge in [0.1, 0.15) is 0 Å². The van der Waals surface area contributed by atoms with E-state index in [0.29, 0.717) is 12.1 Å². The average Bonchev–Trinajstić information content (AvgIpc) is 2.63. The fourth-order valence-corrected chi connectivity index (χ4v) is 3.49. The van der Waals surface area contributed by atoms with Crippen LogP contribution in [0.2, 0.25) is 0 Å². The van der Waals surface area contributed by atoms with Crippen LogP contribution in [0.4, 0.5) is 0 Å². The Bertz CT molecular complexity index is 313. The second kappa shape index (κ2) is 5.43. The summed E-state index contributed by atoms with van der Waals surface area (Å²) in [6.07, 6.45) is 5.02. The molecule has 1 heterocycles. The lowest BCUT2D eigenvalue weighted by Crippen LogP contribution is -2.46. The van der Waals surface area contributed by atoms with Gasteiger partial charge in [-0.15, -0.1) is 11.3 Å². The molecule has 0 bridgehead atoms. The van der Waals surface area contributed by atoms with Crippen molar-refractivity contribution in [3.05, 3.63) is 20.8 Å². The standard InChI is InChI=1S/C11H17BrN2S/c12-8-5-9(15-7-8)6-14-11-4-2-1-3-10(11)13/h5,7,10-11,14H,1-4,6,13H2. The molecule has 1 aromatic heterocycles. The van der Waals surface area contributed by atoms with Crippen LogP contribution in [0.3, 0.4) is 0 Å². The number of hydrogen-bond acceptors (Lipinski definition) is 3. The van der Waals surface area contributed by atoms with Crippen molar-refractivity contribution in [1.82, 2.24) is 5.32 Å². The summed E-state index contributed by atoms with van der Waals surface area (Å²) < 4.78 is 1.18. The Labute approximate surface area is 103 Å². The minimum atomic E-state index is 0.349. The predicted molar refractivity (Wildman–Crippen MR) is 69.1 cm³/mol. The highest BCUT2D eigenvalue weighted by Crippen LogP contribution is 2.21. The topological polar surface area (TPSA) is 38.0 Å². The van der Waals surface area contributed by atoms with Gasteiger partial charge >= 0.3 is 0 Å². The third-order valence-electron chi connectivity index (χ3n) is 2.98. The largest absolute Gasteiger partial charge is 0.326 e. The van der Waals surface area contributed by atoms with Gasteiger partial charge in [-0.05, 0) is 34.8 Å². The van der Waals surface area contributed by atoms with E-state index < -0.39 is 0 Å². The first kappa shape index (κ1) is 11.6. The van der Waals surface area contributed by atoms with Crippen LogP contribution in [-0.4, -0.2) is 12.1 Å². The molecule has 3 N–H and O–H groups in total. The molecule has 84 valence electrons. The zero-order valence-electron chi connectivity index (χ0n) is 8.71. The highest BCUT2D eigenvalue weighted by Gasteiger charge is 2.20. The number of thiophene rings is 1. The van der Waals surface area contributed by atoms with Crippen molar-refractivity contribution >= 4 is 27.3 Å². The SMILES string of the molecule is NC1CCCCC1NCc1cc(Br)cs1. The van der Waals surface area contributed by atoms with E-state index in [2.05, 4.69) is 32.7 Å². The molecule has 0 saturated heterocycles. The number of nitrogens with one attached hydrogen (secondary N) is 1. The monoisotopic (exact) mass is 288 g/mol. The van der Waals surface area contributed by atoms with Gasteiger partial charge in [-0.1, -0.05) is 12.8 Å². The van der Waals surface area contributed by atoms with Crippen LogP contribution in [0.15, 0.2) is 15.9 Å². The van der Waals surface area contributed by atoms with E-state index in [1.807, 2.05) is 0 Å². The highest BCUT2D eigenvalue weighted by molar-refractivity contribution is 9.10. The summed E-state index contributed by atoms with van der Waals surface area (Å²) in [4.78, 5) is 1.37. The summed E-state index contributed by atoms with van der Waals surface area (Å²) in [6, 6.07) is 3.04. The van der Waals surface area contributed by atoms with Gasteiger partial charge in [0.2, 0.25) is 0 Å². The third kappa shape index (κ3) is 3.28. The fraction of sp³-hybridized carbons (Fsp3) is 0.636. The van der Waals surface area contributed by atoms with Gasteiger partial charge in [-0.25, -0.2) is 0 Å². The van der Waals surface area contributed by atoms with Crippen molar-refractivity contribution in [2.75, 3.05) is 0 Å². The highest BCUT2D eigenvalue weighted by atomic mass is 79.9. The molecule has 1 fully saturated rings. The first-order valence-corrected chi connectivity index (χ1v) is 7.15. The van der Waals surface area contributed by atoms with Gasteiger partial charge in [0, 0.05) is 33.4 Å². The van der Waals surface area contributed by atoms with Gasteiger partial charge in [-0.3, -0.25) is 0 Å². The fourth-order valence-electron chi connectivity index (χ4n) is 2.09. The average molecular weight is 289 g/mol. The molecule has 0 radical (unpaired) electrons. The van der Waals surface area contributed by atoms with Crippen molar-refractivity contribution in [3.8, 4) is 0 Å². The van der Waals surface area contributed by atoms with Gasteiger partial charge in [0.25, 0.3) is 0 Å². The van der Waals surface area contributed by atoms with Crippen LogP contribution in [-0.2, 0) is 6.54 Å². The summed E-state index contributed by atoms with van der Waals surface area (Å²) in [5, 5.41) is 5.69. The molecule has 1 aliphatic carbocycles. The molecular formula is C11H17BrN2S. The van der Waals surface area contributed by atoms with Gasteiger partial charge in [0.05, 0.1) is 0 Å². The van der Waals surface area contributed by atoms with E-state index in [4.69, 9.17) is 5.73 Å². The van der Waals surface area contributed by atoms with Crippen LogP contribution >= 0.6 is 27.3 Å². The Morgan fingerprint density at radius 1 is 1.47 bits per heavy atom. The molecule has 4 heteroatoms. The quantitative estimate of drug-likeness (QED) is 0.898. The summed E-state index contributed by atoms with van der Waals surface area (Å²) in [5.74, 6) is 0. The van der Waals surface area contributed by atoms with Gasteiger partial charge in [0.15, 0.2) is 0 Å². The smallest absolute Gasteiger partial charge is 0.0303 e. The van der Waals surface area contributed by atoms with E-state index >= 15 is 0 Å². The van der Waals surface area contributed by atoms with Crippen LogP contribution < -0.4 is 11.1 Å². The Hall–Kier alpha value is 0.1000.